The molecule has 2 heterocycles. The quantitative estimate of drug-likeness (QED) is 0.650. The number of halogens is 1. The van der Waals surface area contributed by atoms with Gasteiger partial charge in [-0.2, -0.15) is 0 Å². The van der Waals surface area contributed by atoms with Gasteiger partial charge in [0.15, 0.2) is 0 Å². The third-order valence-electron chi connectivity index (χ3n) is 2.74. The molecular weight excluding hydrogens is 264 g/mol. The molecule has 0 fully saturated rings. The average molecular weight is 281 g/mol. The Morgan fingerprint density at radius 3 is 2.89 bits per heavy atom. The van der Waals surface area contributed by atoms with Gasteiger partial charge in [0.25, 0.3) is 0 Å². The van der Waals surface area contributed by atoms with E-state index in [9.17, 15) is 0 Å². The van der Waals surface area contributed by atoms with Crippen molar-refractivity contribution < 1.29 is 0 Å². The minimum absolute atomic E-state index is 0.284. The SMILES string of the molecule is CC(C)c1c(Cl)ncnc1NCCCn1ccnn1. The van der Waals surface area contributed by atoms with Gasteiger partial charge in [-0.3, -0.25) is 4.68 Å². The van der Waals surface area contributed by atoms with Crippen LogP contribution in [0.15, 0.2) is 18.7 Å². The van der Waals surface area contributed by atoms with Crippen LogP contribution in [0.1, 0.15) is 31.7 Å². The van der Waals surface area contributed by atoms with E-state index < -0.39 is 0 Å². The van der Waals surface area contributed by atoms with Crippen LogP contribution in [0.5, 0.6) is 0 Å². The Bertz CT molecular complexity index is 511. The van der Waals surface area contributed by atoms with Gasteiger partial charge in [-0.15, -0.1) is 5.10 Å². The van der Waals surface area contributed by atoms with Crippen LogP contribution in [-0.2, 0) is 6.54 Å². The third kappa shape index (κ3) is 3.64. The first-order valence-corrected chi connectivity index (χ1v) is 6.64. The second-order valence-electron chi connectivity index (χ2n) is 4.53. The summed E-state index contributed by atoms with van der Waals surface area (Å²) in [5.74, 6) is 1.10. The minimum Gasteiger partial charge on any atom is -0.370 e. The van der Waals surface area contributed by atoms with Gasteiger partial charge in [-0.05, 0) is 12.3 Å². The highest BCUT2D eigenvalue weighted by Crippen LogP contribution is 2.27. The molecule has 2 aromatic heterocycles. The number of rotatable bonds is 6. The normalized spacial score (nSPS) is 10.9. The number of nitrogens with zero attached hydrogens (tertiary/aromatic N) is 5. The van der Waals surface area contributed by atoms with Crippen molar-refractivity contribution >= 4 is 17.4 Å². The molecule has 1 N–H and O–H groups in total. The largest absolute Gasteiger partial charge is 0.370 e. The van der Waals surface area contributed by atoms with Gasteiger partial charge in [-0.1, -0.05) is 30.7 Å². The Morgan fingerprint density at radius 1 is 1.37 bits per heavy atom. The van der Waals surface area contributed by atoms with E-state index in [1.165, 1.54) is 6.33 Å². The lowest BCUT2D eigenvalue weighted by atomic mass is 10.1. The van der Waals surface area contributed by atoms with Crippen LogP contribution in [-0.4, -0.2) is 31.5 Å². The molecule has 0 aliphatic heterocycles. The van der Waals surface area contributed by atoms with Crippen LogP contribution in [0.3, 0.4) is 0 Å². The Hall–Kier alpha value is -1.69. The van der Waals surface area contributed by atoms with Gasteiger partial charge < -0.3 is 5.32 Å². The summed E-state index contributed by atoms with van der Waals surface area (Å²) < 4.78 is 1.80. The van der Waals surface area contributed by atoms with Crippen LogP contribution in [0.4, 0.5) is 5.82 Å². The van der Waals surface area contributed by atoms with Crippen molar-refractivity contribution in [1.82, 2.24) is 25.0 Å². The lowest BCUT2D eigenvalue weighted by Gasteiger charge is -2.14. The van der Waals surface area contributed by atoms with Gasteiger partial charge in [0.1, 0.15) is 17.3 Å². The number of anilines is 1. The predicted molar refractivity (Wildman–Crippen MR) is 74.3 cm³/mol. The third-order valence-corrected chi connectivity index (χ3v) is 3.04. The summed E-state index contributed by atoms with van der Waals surface area (Å²) in [4.78, 5) is 8.28. The highest BCUT2D eigenvalue weighted by molar-refractivity contribution is 6.30. The summed E-state index contributed by atoms with van der Waals surface area (Å²) >= 11 is 6.10. The summed E-state index contributed by atoms with van der Waals surface area (Å²) in [5, 5.41) is 11.5. The molecule has 0 spiro atoms. The lowest BCUT2D eigenvalue weighted by Crippen LogP contribution is -2.11. The fraction of sp³-hybridized carbons (Fsp3) is 0.500. The van der Waals surface area contributed by atoms with E-state index in [-0.39, 0.29) is 5.92 Å². The molecule has 0 amide bonds. The Kier molecular flexibility index (Phi) is 4.68. The van der Waals surface area contributed by atoms with Crippen LogP contribution in [0.25, 0.3) is 0 Å². The Morgan fingerprint density at radius 2 is 2.21 bits per heavy atom. The molecule has 7 heteroatoms. The maximum Gasteiger partial charge on any atom is 0.138 e. The van der Waals surface area contributed by atoms with E-state index in [0.717, 1.165) is 30.9 Å². The molecule has 0 unspecified atom stereocenters. The highest BCUT2D eigenvalue weighted by atomic mass is 35.5. The molecule has 0 aliphatic rings. The van der Waals surface area contributed by atoms with E-state index in [2.05, 4.69) is 39.4 Å². The standard InChI is InChI=1S/C12H17ClN6/c1-9(2)10-11(13)15-8-16-12(10)14-4-3-6-19-7-5-17-18-19/h5,7-9H,3-4,6H2,1-2H3,(H,14,15,16). The van der Waals surface area contributed by atoms with Crippen LogP contribution >= 0.6 is 11.6 Å². The molecule has 6 nitrogen and oxygen atoms in total. The maximum absolute atomic E-state index is 6.10. The smallest absolute Gasteiger partial charge is 0.138 e. The zero-order chi connectivity index (χ0) is 13.7. The molecule has 0 atom stereocenters. The first kappa shape index (κ1) is 13.7. The number of hydrogen-bond acceptors (Lipinski definition) is 5. The van der Waals surface area contributed by atoms with E-state index >= 15 is 0 Å². The van der Waals surface area contributed by atoms with E-state index in [0.29, 0.717) is 5.15 Å². The predicted octanol–water partition coefficient (Wildman–Crippen LogP) is 2.35. The summed E-state index contributed by atoms with van der Waals surface area (Å²) in [6, 6.07) is 0. The molecule has 0 aliphatic carbocycles. The molecule has 102 valence electrons. The monoisotopic (exact) mass is 280 g/mol. The van der Waals surface area contributed by atoms with Crippen LogP contribution in [0, 0.1) is 0 Å². The van der Waals surface area contributed by atoms with Crippen LogP contribution in [0.2, 0.25) is 5.15 Å². The fourth-order valence-electron chi connectivity index (χ4n) is 1.83. The van der Waals surface area contributed by atoms with Crippen molar-refractivity contribution in [2.24, 2.45) is 0 Å². The molecule has 0 bridgehead atoms. The van der Waals surface area contributed by atoms with Gasteiger partial charge in [0, 0.05) is 24.8 Å². The average Bonchev–Trinajstić information content (AvgIpc) is 2.87. The zero-order valence-electron chi connectivity index (χ0n) is 11.0. The summed E-state index contributed by atoms with van der Waals surface area (Å²) in [5.41, 5.74) is 0.963. The van der Waals surface area contributed by atoms with Crippen molar-refractivity contribution in [2.75, 3.05) is 11.9 Å². The molecule has 0 radical (unpaired) electrons. The molecule has 0 aromatic carbocycles. The van der Waals surface area contributed by atoms with Crippen molar-refractivity contribution in [1.29, 1.82) is 0 Å². The van der Waals surface area contributed by atoms with Crippen molar-refractivity contribution in [3.8, 4) is 0 Å². The molecule has 0 saturated heterocycles. The van der Waals surface area contributed by atoms with E-state index in [1.54, 1.807) is 10.9 Å². The molecule has 0 saturated carbocycles. The minimum atomic E-state index is 0.284. The van der Waals surface area contributed by atoms with Crippen LogP contribution < -0.4 is 5.32 Å². The number of hydrogen-bond donors (Lipinski definition) is 1. The maximum atomic E-state index is 6.10. The molecule has 2 aromatic rings. The van der Waals surface area contributed by atoms with Crippen molar-refractivity contribution in [3.63, 3.8) is 0 Å². The summed E-state index contributed by atoms with van der Waals surface area (Å²) in [7, 11) is 0. The number of aryl methyl sites for hydroxylation is 1. The number of nitrogens with one attached hydrogen (secondary N) is 1. The second-order valence-corrected chi connectivity index (χ2v) is 4.89. The van der Waals surface area contributed by atoms with E-state index in [4.69, 9.17) is 11.6 Å². The van der Waals surface area contributed by atoms with Gasteiger partial charge in [0.2, 0.25) is 0 Å². The van der Waals surface area contributed by atoms with E-state index in [1.807, 2.05) is 6.20 Å². The fourth-order valence-corrected chi connectivity index (χ4v) is 2.18. The second kappa shape index (κ2) is 6.47. The first-order chi connectivity index (χ1) is 9.18. The van der Waals surface area contributed by atoms with Gasteiger partial charge in [-0.25, -0.2) is 9.97 Å². The summed E-state index contributed by atoms with van der Waals surface area (Å²) in [6.07, 6.45) is 5.94. The summed E-state index contributed by atoms with van der Waals surface area (Å²) in [6.45, 7) is 5.77. The van der Waals surface area contributed by atoms with Gasteiger partial charge >= 0.3 is 0 Å². The lowest BCUT2D eigenvalue weighted by molar-refractivity contribution is 0.569. The van der Waals surface area contributed by atoms with Crippen molar-refractivity contribution in [2.45, 2.75) is 32.7 Å². The first-order valence-electron chi connectivity index (χ1n) is 6.27. The van der Waals surface area contributed by atoms with Crippen molar-refractivity contribution in [3.05, 3.63) is 29.4 Å². The zero-order valence-corrected chi connectivity index (χ0v) is 11.8. The Labute approximate surface area is 117 Å². The molecular formula is C12H17ClN6. The highest BCUT2D eigenvalue weighted by Gasteiger charge is 2.12. The Balaban J connectivity index is 1.90. The molecule has 19 heavy (non-hydrogen) atoms. The number of aromatic nitrogens is 5. The topological polar surface area (TPSA) is 68.5 Å². The van der Waals surface area contributed by atoms with Gasteiger partial charge in [0.05, 0.1) is 6.20 Å². The molecule has 2 rings (SSSR count).